The van der Waals surface area contributed by atoms with Gasteiger partial charge < -0.3 is 15.4 Å². The number of nitrogens with one attached hydrogen (secondary N) is 2. The third-order valence-corrected chi connectivity index (χ3v) is 5.82. The fourth-order valence-electron chi connectivity index (χ4n) is 4.05. The van der Waals surface area contributed by atoms with Gasteiger partial charge in [0.25, 0.3) is 0 Å². The van der Waals surface area contributed by atoms with Gasteiger partial charge in [0.2, 0.25) is 0 Å². The standard InChI is InChI=1S/C26H32N2O2/c1-26(2,3)25(29)30-22-12-13-24-19(16-22)6-4-5-7-23(24)18-8-10-20(11-9-18)28-21-14-15-27-17-21/h7-13,16,21,27-28H,4-6,14-15,17H2,1-3H3/t21-/m0/s1. The minimum atomic E-state index is -0.512. The average molecular weight is 405 g/mol. The van der Waals surface area contributed by atoms with Crippen LogP contribution in [0.5, 0.6) is 5.75 Å². The van der Waals surface area contributed by atoms with Crippen LogP contribution in [0.2, 0.25) is 0 Å². The summed E-state index contributed by atoms with van der Waals surface area (Å²) in [5.74, 6) is 0.437. The minimum absolute atomic E-state index is 0.201. The largest absolute Gasteiger partial charge is 0.426 e. The van der Waals surface area contributed by atoms with E-state index in [-0.39, 0.29) is 5.97 Å². The van der Waals surface area contributed by atoms with Crippen molar-refractivity contribution in [3.63, 3.8) is 0 Å². The molecule has 0 radical (unpaired) electrons. The zero-order chi connectivity index (χ0) is 21.1. The molecule has 4 heteroatoms. The molecule has 0 aromatic heterocycles. The number of benzene rings is 2. The van der Waals surface area contributed by atoms with E-state index in [1.165, 1.54) is 34.4 Å². The molecule has 30 heavy (non-hydrogen) atoms. The second kappa shape index (κ2) is 8.65. The Kier molecular flexibility index (Phi) is 5.96. The Morgan fingerprint density at radius 3 is 2.63 bits per heavy atom. The van der Waals surface area contributed by atoms with Gasteiger partial charge in [-0.3, -0.25) is 4.79 Å². The number of hydrogen-bond acceptors (Lipinski definition) is 4. The molecule has 0 unspecified atom stereocenters. The van der Waals surface area contributed by atoms with Gasteiger partial charge in [-0.1, -0.05) is 24.3 Å². The fraction of sp³-hybridized carbons (Fsp3) is 0.423. The molecule has 0 spiro atoms. The molecule has 2 aromatic carbocycles. The molecule has 2 N–H and O–H groups in total. The van der Waals surface area contributed by atoms with Crippen LogP contribution in [0.1, 0.15) is 56.7 Å². The molecular formula is C26H32N2O2. The first-order valence-corrected chi connectivity index (χ1v) is 11.0. The van der Waals surface area contributed by atoms with Gasteiger partial charge >= 0.3 is 5.97 Å². The van der Waals surface area contributed by atoms with Crippen molar-refractivity contribution in [3.05, 3.63) is 65.2 Å². The van der Waals surface area contributed by atoms with Crippen LogP contribution >= 0.6 is 0 Å². The Morgan fingerprint density at radius 2 is 1.93 bits per heavy atom. The first-order valence-electron chi connectivity index (χ1n) is 11.0. The van der Waals surface area contributed by atoms with Crippen LogP contribution in [-0.2, 0) is 11.2 Å². The summed E-state index contributed by atoms with van der Waals surface area (Å²) in [6, 6.07) is 15.4. The van der Waals surface area contributed by atoms with E-state index in [0.717, 1.165) is 32.4 Å². The third-order valence-electron chi connectivity index (χ3n) is 5.82. The molecule has 4 nitrogen and oxygen atoms in total. The molecule has 2 aromatic rings. The maximum Gasteiger partial charge on any atom is 0.316 e. The Hall–Kier alpha value is -2.59. The Morgan fingerprint density at radius 1 is 1.13 bits per heavy atom. The molecule has 0 bridgehead atoms. The van der Waals surface area contributed by atoms with E-state index in [1.54, 1.807) is 0 Å². The number of fused-ring (bicyclic) bond motifs is 1. The van der Waals surface area contributed by atoms with Crippen molar-refractivity contribution in [2.45, 2.75) is 52.5 Å². The molecule has 0 saturated carbocycles. The van der Waals surface area contributed by atoms with Crippen LogP contribution in [0.3, 0.4) is 0 Å². The van der Waals surface area contributed by atoms with Gasteiger partial charge in [0.1, 0.15) is 5.75 Å². The van der Waals surface area contributed by atoms with Gasteiger partial charge in [-0.25, -0.2) is 0 Å². The van der Waals surface area contributed by atoms with Gasteiger partial charge in [0, 0.05) is 18.3 Å². The monoisotopic (exact) mass is 404 g/mol. The average Bonchev–Trinajstić information content (AvgIpc) is 3.13. The maximum absolute atomic E-state index is 12.3. The zero-order valence-corrected chi connectivity index (χ0v) is 18.3. The van der Waals surface area contributed by atoms with Crippen LogP contribution < -0.4 is 15.4 Å². The number of aryl methyl sites for hydroxylation is 1. The van der Waals surface area contributed by atoms with E-state index < -0.39 is 5.41 Å². The number of anilines is 1. The second-order valence-electron chi connectivity index (χ2n) is 9.38. The maximum atomic E-state index is 12.3. The Balaban J connectivity index is 1.55. The number of carbonyl (C=O) groups excluding carboxylic acids is 1. The van der Waals surface area contributed by atoms with Crippen LogP contribution in [0.4, 0.5) is 5.69 Å². The topological polar surface area (TPSA) is 50.4 Å². The van der Waals surface area contributed by atoms with Crippen molar-refractivity contribution in [3.8, 4) is 5.75 Å². The van der Waals surface area contributed by atoms with Crippen molar-refractivity contribution in [1.82, 2.24) is 5.32 Å². The highest BCUT2D eigenvalue weighted by Gasteiger charge is 2.24. The molecule has 0 amide bonds. The lowest BCUT2D eigenvalue weighted by Crippen LogP contribution is -2.25. The summed E-state index contributed by atoms with van der Waals surface area (Å²) >= 11 is 0. The van der Waals surface area contributed by atoms with Gasteiger partial charge in [0.05, 0.1) is 5.41 Å². The summed E-state index contributed by atoms with van der Waals surface area (Å²) in [5.41, 5.74) is 5.65. The summed E-state index contributed by atoms with van der Waals surface area (Å²) in [6.45, 7) is 7.75. The Labute approximate surface area is 179 Å². The molecule has 1 aliphatic heterocycles. The molecule has 1 fully saturated rings. The number of esters is 1. The summed E-state index contributed by atoms with van der Waals surface area (Å²) < 4.78 is 5.63. The molecule has 4 rings (SSSR count). The Bertz CT molecular complexity index is 932. The highest BCUT2D eigenvalue weighted by Crippen LogP contribution is 2.34. The van der Waals surface area contributed by atoms with Crippen molar-refractivity contribution in [2.24, 2.45) is 5.41 Å². The number of rotatable bonds is 4. The van der Waals surface area contributed by atoms with E-state index >= 15 is 0 Å². The van der Waals surface area contributed by atoms with E-state index in [2.05, 4.69) is 47.0 Å². The van der Waals surface area contributed by atoms with Gasteiger partial charge in [-0.15, -0.1) is 0 Å². The molecule has 1 heterocycles. The molecule has 1 atom stereocenters. The van der Waals surface area contributed by atoms with Gasteiger partial charge in [-0.2, -0.15) is 0 Å². The van der Waals surface area contributed by atoms with Gasteiger partial charge in [0.15, 0.2) is 0 Å². The molecule has 1 saturated heterocycles. The number of carbonyl (C=O) groups is 1. The lowest BCUT2D eigenvalue weighted by atomic mass is 9.93. The quantitative estimate of drug-likeness (QED) is 0.545. The lowest BCUT2D eigenvalue weighted by Gasteiger charge is -2.18. The number of ether oxygens (including phenoxy) is 1. The van der Waals surface area contributed by atoms with E-state index in [9.17, 15) is 4.79 Å². The fourth-order valence-corrected chi connectivity index (χ4v) is 4.05. The molecular weight excluding hydrogens is 372 g/mol. The highest BCUT2D eigenvalue weighted by atomic mass is 16.5. The summed E-state index contributed by atoms with van der Waals surface area (Å²) in [7, 11) is 0. The van der Waals surface area contributed by atoms with Crippen LogP contribution in [0, 0.1) is 5.41 Å². The number of allylic oxidation sites excluding steroid dienone is 1. The highest BCUT2D eigenvalue weighted by molar-refractivity contribution is 5.83. The van der Waals surface area contributed by atoms with Crippen LogP contribution in [-0.4, -0.2) is 25.1 Å². The smallest absolute Gasteiger partial charge is 0.316 e. The van der Waals surface area contributed by atoms with Gasteiger partial charge in [-0.05, 0) is 99.5 Å². The first kappa shape index (κ1) is 20.7. The van der Waals surface area contributed by atoms with Crippen molar-refractivity contribution < 1.29 is 9.53 Å². The summed E-state index contributed by atoms with van der Waals surface area (Å²) in [6.07, 6.45) is 6.65. The van der Waals surface area contributed by atoms with Crippen molar-refractivity contribution in [1.29, 1.82) is 0 Å². The third kappa shape index (κ3) is 4.76. The minimum Gasteiger partial charge on any atom is -0.426 e. The molecule has 1 aliphatic carbocycles. The predicted octanol–water partition coefficient (Wildman–Crippen LogP) is 5.18. The summed E-state index contributed by atoms with van der Waals surface area (Å²) in [5, 5.41) is 7.00. The zero-order valence-electron chi connectivity index (χ0n) is 18.3. The number of hydrogen-bond donors (Lipinski definition) is 2. The van der Waals surface area contributed by atoms with E-state index in [1.807, 2.05) is 32.9 Å². The normalized spacial score (nSPS) is 18.9. The lowest BCUT2D eigenvalue weighted by molar-refractivity contribution is -0.143. The van der Waals surface area contributed by atoms with Crippen LogP contribution in [0.25, 0.3) is 5.57 Å². The van der Waals surface area contributed by atoms with Crippen LogP contribution in [0.15, 0.2) is 48.5 Å². The summed E-state index contributed by atoms with van der Waals surface area (Å²) in [4.78, 5) is 12.3. The first-order chi connectivity index (χ1) is 14.4. The van der Waals surface area contributed by atoms with E-state index in [0.29, 0.717) is 11.8 Å². The molecule has 2 aliphatic rings. The van der Waals surface area contributed by atoms with Crippen molar-refractivity contribution in [2.75, 3.05) is 18.4 Å². The SMILES string of the molecule is CC(C)(C)C(=O)Oc1ccc2c(c1)CCCC=C2c1ccc(N[C@H]2CCNC2)cc1. The molecule has 158 valence electrons. The second-order valence-corrected chi connectivity index (χ2v) is 9.38. The van der Waals surface area contributed by atoms with E-state index in [4.69, 9.17) is 4.74 Å². The predicted molar refractivity (Wildman–Crippen MR) is 123 cm³/mol. The van der Waals surface area contributed by atoms with Crippen molar-refractivity contribution >= 4 is 17.2 Å².